The average molecular weight is 380 g/mol. The summed E-state index contributed by atoms with van der Waals surface area (Å²) in [6.07, 6.45) is 2.62. The van der Waals surface area contributed by atoms with E-state index in [4.69, 9.17) is 4.74 Å². The van der Waals surface area contributed by atoms with E-state index in [1.165, 1.54) is 25.0 Å². The van der Waals surface area contributed by atoms with Gasteiger partial charge in [-0.25, -0.2) is 8.78 Å². The highest BCUT2D eigenvalue weighted by atomic mass is 32.2. The van der Waals surface area contributed by atoms with Gasteiger partial charge in [-0.1, -0.05) is 32.7 Å². The van der Waals surface area contributed by atoms with Crippen LogP contribution in [-0.2, 0) is 0 Å². The van der Waals surface area contributed by atoms with Gasteiger partial charge in [-0.05, 0) is 61.6 Å². The maximum absolute atomic E-state index is 13.7. The molecule has 142 valence electrons. The summed E-state index contributed by atoms with van der Waals surface area (Å²) >= 11 is 1.81. The molecule has 0 atom stereocenters. The Kier molecular flexibility index (Phi) is 7.76. The van der Waals surface area contributed by atoms with Crippen molar-refractivity contribution in [3.63, 3.8) is 0 Å². The first-order chi connectivity index (χ1) is 12.6. The molecule has 1 fully saturated rings. The Balaban J connectivity index is 0.00000117. The molecule has 1 aliphatic carbocycles. The molecule has 0 N–H and O–H groups in total. The number of aryl methyl sites for hydroxylation is 1. The lowest BCUT2D eigenvalue weighted by molar-refractivity contribution is 0.435. The lowest BCUT2D eigenvalue weighted by Crippen LogP contribution is -2.17. The van der Waals surface area contributed by atoms with E-state index in [1.807, 2.05) is 44.9 Å². The molecule has 0 saturated heterocycles. The highest BCUT2D eigenvalue weighted by molar-refractivity contribution is 8.00. The summed E-state index contributed by atoms with van der Waals surface area (Å²) < 4.78 is 34.7. The van der Waals surface area contributed by atoms with Gasteiger partial charge in [-0.3, -0.25) is 0 Å². The van der Waals surface area contributed by atoms with Crippen LogP contribution in [0.5, 0.6) is 11.5 Å². The van der Waals surface area contributed by atoms with Gasteiger partial charge < -0.3 is 9.04 Å². The molecule has 26 heavy (non-hydrogen) atoms. The van der Waals surface area contributed by atoms with Crippen LogP contribution in [0.1, 0.15) is 39.2 Å². The van der Waals surface area contributed by atoms with Crippen molar-refractivity contribution >= 4 is 17.6 Å². The summed E-state index contributed by atoms with van der Waals surface area (Å²) in [5.74, 6) is 1.12. The minimum absolute atomic E-state index is 0.0324. The summed E-state index contributed by atoms with van der Waals surface area (Å²) in [5, 5.41) is 0. The zero-order chi connectivity index (χ0) is 19.1. The summed E-state index contributed by atoms with van der Waals surface area (Å²) in [4.78, 5) is 0. The molecule has 0 spiro atoms. The summed E-state index contributed by atoms with van der Waals surface area (Å²) in [6.45, 7) is 9.14. The van der Waals surface area contributed by atoms with E-state index < -0.39 is 11.6 Å². The number of hydrogen-bond donors (Lipinski definition) is 0. The minimum atomic E-state index is -0.699. The Bertz CT molecular complexity index is 719. The van der Waals surface area contributed by atoms with Crippen molar-refractivity contribution < 1.29 is 13.5 Å². The molecule has 0 heterocycles. The Morgan fingerprint density at radius 2 is 1.77 bits per heavy atom. The van der Waals surface area contributed by atoms with Crippen molar-refractivity contribution in [1.29, 1.82) is 0 Å². The quantitative estimate of drug-likeness (QED) is 0.482. The lowest BCUT2D eigenvalue weighted by Gasteiger charge is -2.23. The maximum Gasteiger partial charge on any atom is 0.168 e. The smallest absolute Gasteiger partial charge is 0.168 e. The molecule has 2 aromatic rings. The molecule has 3 rings (SSSR count). The average Bonchev–Trinajstić information content (AvgIpc) is 3.44. The van der Waals surface area contributed by atoms with Crippen molar-refractivity contribution in [3.05, 3.63) is 53.6 Å². The van der Waals surface area contributed by atoms with Gasteiger partial charge in [0, 0.05) is 24.1 Å². The molecule has 1 aliphatic rings. The number of benzene rings is 2. The van der Waals surface area contributed by atoms with Crippen molar-refractivity contribution in [2.75, 3.05) is 16.6 Å². The number of anilines is 1. The minimum Gasteiger partial charge on any atom is -0.454 e. The zero-order valence-corrected chi connectivity index (χ0v) is 16.7. The first kappa shape index (κ1) is 20.6. The van der Waals surface area contributed by atoms with E-state index in [0.29, 0.717) is 5.75 Å². The van der Waals surface area contributed by atoms with Crippen molar-refractivity contribution in [1.82, 2.24) is 0 Å². The fraction of sp³-hybridized carbons (Fsp3) is 0.429. The fourth-order valence-corrected chi connectivity index (χ4v) is 3.39. The second kappa shape index (κ2) is 9.81. The van der Waals surface area contributed by atoms with Crippen LogP contribution >= 0.6 is 11.9 Å². The highest BCUT2D eigenvalue weighted by Crippen LogP contribution is 2.36. The van der Waals surface area contributed by atoms with E-state index in [-0.39, 0.29) is 5.75 Å². The van der Waals surface area contributed by atoms with Crippen molar-refractivity contribution in [2.45, 2.75) is 40.5 Å². The van der Waals surface area contributed by atoms with Gasteiger partial charge in [-0.2, -0.15) is 0 Å². The number of hydrogen-bond acceptors (Lipinski definition) is 3. The van der Waals surface area contributed by atoms with E-state index in [0.717, 1.165) is 35.5 Å². The van der Waals surface area contributed by atoms with Crippen molar-refractivity contribution in [3.8, 4) is 11.5 Å². The SMILES string of the molecule is CC.CCSN(CC1CC1)c1ccc(Oc2ccc(F)cc2F)c(C)c1. The number of halogens is 2. The summed E-state index contributed by atoms with van der Waals surface area (Å²) in [7, 11) is 0. The monoisotopic (exact) mass is 379 g/mol. The van der Waals surface area contributed by atoms with Crippen molar-refractivity contribution in [2.24, 2.45) is 5.92 Å². The summed E-state index contributed by atoms with van der Waals surface area (Å²) in [5.41, 5.74) is 2.06. The van der Waals surface area contributed by atoms with E-state index >= 15 is 0 Å². The van der Waals surface area contributed by atoms with Crippen LogP contribution in [0.15, 0.2) is 36.4 Å². The molecule has 2 aromatic carbocycles. The van der Waals surface area contributed by atoms with E-state index in [1.54, 1.807) is 0 Å². The molecular formula is C21H27F2NOS. The van der Waals surface area contributed by atoms with Crippen LogP contribution < -0.4 is 9.04 Å². The van der Waals surface area contributed by atoms with Gasteiger partial charge in [-0.15, -0.1) is 0 Å². The lowest BCUT2D eigenvalue weighted by atomic mass is 10.2. The second-order valence-electron chi connectivity index (χ2n) is 6.05. The van der Waals surface area contributed by atoms with Crippen LogP contribution in [0.4, 0.5) is 14.5 Å². The third kappa shape index (κ3) is 5.63. The van der Waals surface area contributed by atoms with Gasteiger partial charge >= 0.3 is 0 Å². The number of rotatable bonds is 7. The fourth-order valence-electron chi connectivity index (χ4n) is 2.50. The normalized spacial score (nSPS) is 13.0. The van der Waals surface area contributed by atoms with E-state index in [2.05, 4.69) is 17.3 Å². The first-order valence-corrected chi connectivity index (χ1v) is 10.1. The molecule has 0 aromatic heterocycles. The van der Waals surface area contributed by atoms with Gasteiger partial charge in [0.2, 0.25) is 0 Å². The third-order valence-corrected chi connectivity index (χ3v) is 4.90. The standard InChI is InChI=1S/C19H21F2NOS.C2H6/c1-3-24-22(12-14-4-5-14)16-7-9-18(13(2)10-16)23-19-8-6-15(20)11-17(19)21;1-2/h6-11,14H,3-5,12H2,1-2H3;1-2H3. The number of ether oxygens (including phenoxy) is 1. The molecule has 5 heteroatoms. The predicted molar refractivity (Wildman–Crippen MR) is 107 cm³/mol. The largest absolute Gasteiger partial charge is 0.454 e. The second-order valence-corrected chi connectivity index (χ2v) is 7.33. The Labute approximate surface area is 159 Å². The molecular weight excluding hydrogens is 352 g/mol. The first-order valence-electron chi connectivity index (χ1n) is 9.21. The van der Waals surface area contributed by atoms with Crippen LogP contribution in [0.3, 0.4) is 0 Å². The van der Waals surface area contributed by atoms with Crippen LogP contribution in [0.25, 0.3) is 0 Å². The zero-order valence-electron chi connectivity index (χ0n) is 15.9. The van der Waals surface area contributed by atoms with Crippen LogP contribution in [-0.4, -0.2) is 12.3 Å². The predicted octanol–water partition coefficient (Wildman–Crippen LogP) is 6.98. The van der Waals surface area contributed by atoms with Crippen LogP contribution in [0.2, 0.25) is 0 Å². The van der Waals surface area contributed by atoms with Gasteiger partial charge in [0.1, 0.15) is 11.6 Å². The van der Waals surface area contributed by atoms with Gasteiger partial charge in [0.15, 0.2) is 11.6 Å². The van der Waals surface area contributed by atoms with Gasteiger partial charge in [0.05, 0.1) is 0 Å². The number of nitrogens with zero attached hydrogens (tertiary/aromatic N) is 1. The Morgan fingerprint density at radius 3 is 2.35 bits per heavy atom. The van der Waals surface area contributed by atoms with E-state index in [9.17, 15) is 8.78 Å². The molecule has 0 amide bonds. The molecule has 2 nitrogen and oxygen atoms in total. The Hall–Kier alpha value is -1.75. The molecule has 0 radical (unpaired) electrons. The Morgan fingerprint density at radius 1 is 1.08 bits per heavy atom. The molecule has 1 saturated carbocycles. The molecule has 0 aliphatic heterocycles. The maximum atomic E-state index is 13.7. The summed E-state index contributed by atoms with van der Waals surface area (Å²) in [6, 6.07) is 9.23. The van der Waals surface area contributed by atoms with Crippen LogP contribution in [0, 0.1) is 24.5 Å². The molecule has 0 bridgehead atoms. The highest BCUT2D eigenvalue weighted by Gasteiger charge is 2.25. The third-order valence-electron chi connectivity index (χ3n) is 3.97. The van der Waals surface area contributed by atoms with Gasteiger partial charge in [0.25, 0.3) is 0 Å². The topological polar surface area (TPSA) is 12.5 Å². The molecule has 0 unspecified atom stereocenters.